The molecule has 1 N–H and O–H groups in total. The van der Waals surface area contributed by atoms with Gasteiger partial charge in [0.25, 0.3) is 0 Å². The Morgan fingerprint density at radius 3 is 2.55 bits per heavy atom. The molecule has 0 atom stereocenters. The van der Waals surface area contributed by atoms with E-state index in [1.165, 1.54) is 11.6 Å². The second-order valence-corrected chi connectivity index (χ2v) is 6.93. The Morgan fingerprint density at radius 2 is 1.90 bits per heavy atom. The third kappa shape index (κ3) is 5.83. The van der Waals surface area contributed by atoms with Gasteiger partial charge in [0.05, 0.1) is 11.2 Å². The second kappa shape index (κ2) is 9.26. The van der Waals surface area contributed by atoms with E-state index in [2.05, 4.69) is 4.98 Å². The Kier molecular flexibility index (Phi) is 6.52. The number of hydrogen-bond donors (Lipinski definition) is 1. The van der Waals surface area contributed by atoms with Gasteiger partial charge in [0.15, 0.2) is 0 Å². The van der Waals surface area contributed by atoms with Crippen molar-refractivity contribution in [2.24, 2.45) is 0 Å². The molecule has 0 radical (unpaired) electrons. The van der Waals surface area contributed by atoms with Crippen LogP contribution in [0.25, 0.3) is 6.08 Å². The normalized spacial score (nSPS) is 10.9. The molecule has 5 nitrogen and oxygen atoms in total. The van der Waals surface area contributed by atoms with Crippen LogP contribution < -0.4 is 9.47 Å². The molecule has 6 heteroatoms. The number of pyridine rings is 1. The highest BCUT2D eigenvalue weighted by Gasteiger charge is 2.08. The lowest BCUT2D eigenvalue weighted by molar-refractivity contribution is -0.131. The van der Waals surface area contributed by atoms with Gasteiger partial charge in [-0.1, -0.05) is 41.4 Å². The van der Waals surface area contributed by atoms with E-state index in [0.29, 0.717) is 34.6 Å². The number of carboxylic acid groups (broad SMARTS) is 1. The van der Waals surface area contributed by atoms with Gasteiger partial charge in [-0.25, -0.2) is 9.78 Å². The molecule has 0 bridgehead atoms. The zero-order valence-electron chi connectivity index (χ0n) is 16.1. The molecule has 3 aromatic rings. The predicted molar refractivity (Wildman–Crippen MR) is 113 cm³/mol. The van der Waals surface area contributed by atoms with Crippen molar-refractivity contribution in [1.82, 2.24) is 4.98 Å². The van der Waals surface area contributed by atoms with E-state index < -0.39 is 5.97 Å². The number of rotatable bonds is 7. The van der Waals surface area contributed by atoms with Gasteiger partial charge in [0.1, 0.15) is 18.1 Å². The number of nitrogens with zero attached hydrogens (tertiary/aromatic N) is 1. The summed E-state index contributed by atoms with van der Waals surface area (Å²) >= 11 is 6.27. The summed E-state index contributed by atoms with van der Waals surface area (Å²) in [6, 6.07) is 15.0. The van der Waals surface area contributed by atoms with Gasteiger partial charge < -0.3 is 14.6 Å². The highest BCUT2D eigenvalue weighted by Crippen LogP contribution is 2.32. The first kappa shape index (κ1) is 20.4. The van der Waals surface area contributed by atoms with Crippen LogP contribution in [0.3, 0.4) is 0 Å². The second-order valence-electron chi connectivity index (χ2n) is 6.52. The summed E-state index contributed by atoms with van der Waals surface area (Å²) in [7, 11) is 0. The largest absolute Gasteiger partial charge is 0.487 e. The number of carboxylic acids is 1. The van der Waals surface area contributed by atoms with Crippen LogP contribution in [0.15, 0.2) is 60.8 Å². The Bertz CT molecular complexity index is 1030. The summed E-state index contributed by atoms with van der Waals surface area (Å²) in [4.78, 5) is 14.9. The van der Waals surface area contributed by atoms with Crippen LogP contribution in [0, 0.1) is 13.8 Å². The molecule has 0 amide bonds. The molecular formula is C23H20ClNO4. The average Bonchev–Trinajstić information content (AvgIpc) is 2.70. The molecule has 2 aromatic carbocycles. The van der Waals surface area contributed by atoms with Crippen molar-refractivity contribution < 1.29 is 19.4 Å². The molecule has 148 valence electrons. The molecule has 0 aliphatic heterocycles. The van der Waals surface area contributed by atoms with Crippen molar-refractivity contribution >= 4 is 23.6 Å². The molecule has 1 aromatic heterocycles. The maximum atomic E-state index is 10.7. The van der Waals surface area contributed by atoms with Gasteiger partial charge in [-0.3, -0.25) is 0 Å². The summed E-state index contributed by atoms with van der Waals surface area (Å²) < 4.78 is 11.5. The van der Waals surface area contributed by atoms with Crippen LogP contribution in [0.2, 0.25) is 5.02 Å². The molecule has 0 saturated heterocycles. The average molecular weight is 410 g/mol. The highest BCUT2D eigenvalue weighted by molar-refractivity contribution is 6.32. The van der Waals surface area contributed by atoms with Gasteiger partial charge in [-0.05, 0) is 54.8 Å². The number of benzene rings is 2. The minimum absolute atomic E-state index is 0.363. The molecule has 0 unspecified atom stereocenters. The van der Waals surface area contributed by atoms with Gasteiger partial charge in [0, 0.05) is 12.1 Å². The number of carbonyl (C=O) groups is 1. The third-order valence-corrected chi connectivity index (χ3v) is 4.47. The predicted octanol–water partition coefficient (Wildman–Crippen LogP) is 5.82. The number of aryl methyl sites for hydroxylation is 2. The lowest BCUT2D eigenvalue weighted by atomic mass is 10.1. The fourth-order valence-corrected chi connectivity index (χ4v) is 2.78. The maximum Gasteiger partial charge on any atom is 0.328 e. The molecular weight excluding hydrogens is 390 g/mol. The summed E-state index contributed by atoms with van der Waals surface area (Å²) in [5.74, 6) is 0.435. The zero-order chi connectivity index (χ0) is 20.8. The molecule has 0 saturated carbocycles. The first-order valence-electron chi connectivity index (χ1n) is 8.94. The number of hydrogen-bond acceptors (Lipinski definition) is 4. The van der Waals surface area contributed by atoms with Crippen molar-refractivity contribution in [3.05, 3.63) is 88.1 Å². The Balaban J connectivity index is 1.65. The van der Waals surface area contributed by atoms with Gasteiger partial charge in [-0.2, -0.15) is 0 Å². The third-order valence-electron chi connectivity index (χ3n) is 4.18. The van der Waals surface area contributed by atoms with Crippen LogP contribution in [0.5, 0.6) is 17.4 Å². The van der Waals surface area contributed by atoms with Gasteiger partial charge in [-0.15, -0.1) is 0 Å². The molecule has 0 aliphatic carbocycles. The molecule has 0 aliphatic rings. The van der Waals surface area contributed by atoms with E-state index in [4.69, 9.17) is 26.2 Å². The van der Waals surface area contributed by atoms with Crippen molar-refractivity contribution in [2.75, 3.05) is 0 Å². The van der Waals surface area contributed by atoms with E-state index in [1.54, 1.807) is 30.5 Å². The summed E-state index contributed by atoms with van der Waals surface area (Å²) in [6.45, 7) is 4.35. The lowest BCUT2D eigenvalue weighted by Gasteiger charge is -2.11. The molecule has 1 heterocycles. The van der Waals surface area contributed by atoms with Crippen LogP contribution in [0.1, 0.15) is 22.3 Å². The number of ether oxygens (including phenoxy) is 2. The SMILES string of the molecule is Cc1ccc(COc2ccc(Oc3cc(C)c(/C=C/C(=O)O)cc3Cl)nc2)cc1. The Morgan fingerprint density at radius 1 is 1.14 bits per heavy atom. The van der Waals surface area contributed by atoms with Crippen LogP contribution in [-0.4, -0.2) is 16.1 Å². The van der Waals surface area contributed by atoms with Crippen LogP contribution in [0.4, 0.5) is 0 Å². The fourth-order valence-electron chi connectivity index (χ4n) is 2.57. The van der Waals surface area contributed by atoms with E-state index in [1.807, 2.05) is 38.1 Å². The fraction of sp³-hybridized carbons (Fsp3) is 0.130. The molecule has 0 fully saturated rings. The number of aromatic nitrogens is 1. The zero-order valence-corrected chi connectivity index (χ0v) is 16.8. The van der Waals surface area contributed by atoms with Crippen molar-refractivity contribution in [2.45, 2.75) is 20.5 Å². The molecule has 3 rings (SSSR count). The monoisotopic (exact) mass is 409 g/mol. The smallest absolute Gasteiger partial charge is 0.328 e. The minimum atomic E-state index is -1.02. The Hall–Kier alpha value is -3.31. The highest BCUT2D eigenvalue weighted by atomic mass is 35.5. The number of halogens is 1. The van der Waals surface area contributed by atoms with Crippen LogP contribution in [-0.2, 0) is 11.4 Å². The summed E-state index contributed by atoms with van der Waals surface area (Å²) in [5.41, 5.74) is 3.82. The maximum absolute atomic E-state index is 10.7. The van der Waals surface area contributed by atoms with Gasteiger partial charge in [0.2, 0.25) is 5.88 Å². The van der Waals surface area contributed by atoms with Crippen molar-refractivity contribution in [3.8, 4) is 17.4 Å². The summed E-state index contributed by atoms with van der Waals surface area (Å²) in [5, 5.41) is 9.12. The minimum Gasteiger partial charge on any atom is -0.487 e. The molecule has 29 heavy (non-hydrogen) atoms. The quantitative estimate of drug-likeness (QED) is 0.498. The van der Waals surface area contributed by atoms with Crippen LogP contribution >= 0.6 is 11.6 Å². The number of aliphatic carboxylic acids is 1. The summed E-state index contributed by atoms with van der Waals surface area (Å²) in [6.07, 6.45) is 4.15. The topological polar surface area (TPSA) is 68.7 Å². The van der Waals surface area contributed by atoms with E-state index >= 15 is 0 Å². The standard InChI is InChI=1S/C23H20ClNO4/c1-15-3-5-17(6-4-15)14-28-19-8-9-22(25-13-19)29-21-11-16(2)18(12-20(21)24)7-10-23(26)27/h3-13H,14H2,1-2H3,(H,26,27)/b10-7+. The van der Waals surface area contributed by atoms with E-state index in [-0.39, 0.29) is 0 Å². The van der Waals surface area contributed by atoms with E-state index in [0.717, 1.165) is 17.2 Å². The van der Waals surface area contributed by atoms with Crippen molar-refractivity contribution in [3.63, 3.8) is 0 Å². The lowest BCUT2D eigenvalue weighted by Crippen LogP contribution is -1.96. The van der Waals surface area contributed by atoms with Crippen molar-refractivity contribution in [1.29, 1.82) is 0 Å². The Labute approximate surface area is 174 Å². The first-order valence-corrected chi connectivity index (χ1v) is 9.32. The molecule has 0 spiro atoms. The van der Waals surface area contributed by atoms with Gasteiger partial charge >= 0.3 is 5.97 Å². The first-order chi connectivity index (χ1) is 13.9. The van der Waals surface area contributed by atoms with E-state index in [9.17, 15) is 4.79 Å².